The number of carbonyl (C=O) groups is 1. The second kappa shape index (κ2) is 7.36. The molecule has 2 N–H and O–H groups in total. The smallest absolute Gasteiger partial charge is 0.305 e. The molecule has 5 heteroatoms. The predicted molar refractivity (Wildman–Crippen MR) is 90.4 cm³/mol. The Morgan fingerprint density at radius 3 is 2.79 bits per heavy atom. The van der Waals surface area contributed by atoms with Gasteiger partial charge >= 0.3 is 5.97 Å². The Hall–Kier alpha value is -2.53. The average Bonchev–Trinajstić information content (AvgIpc) is 2.58. The molecule has 0 aromatic heterocycles. The number of hydrogen-bond donors (Lipinski definition) is 2. The van der Waals surface area contributed by atoms with Crippen LogP contribution in [0.15, 0.2) is 42.5 Å². The zero-order valence-corrected chi connectivity index (χ0v) is 13.6. The third-order valence-electron chi connectivity index (χ3n) is 4.01. The molecule has 2 aromatic carbocycles. The van der Waals surface area contributed by atoms with Crippen molar-refractivity contribution in [2.24, 2.45) is 0 Å². The molecule has 0 saturated heterocycles. The summed E-state index contributed by atoms with van der Waals surface area (Å²) in [5.41, 5.74) is 3.05. The van der Waals surface area contributed by atoms with Crippen LogP contribution in [0, 0.1) is 6.92 Å². The number of hydrogen-bond acceptors (Lipinski definition) is 4. The minimum absolute atomic E-state index is 0.0236. The highest BCUT2D eigenvalue weighted by Crippen LogP contribution is 2.34. The minimum Gasteiger partial charge on any atom is -0.486 e. The highest BCUT2D eigenvalue weighted by Gasteiger charge is 2.19. The summed E-state index contributed by atoms with van der Waals surface area (Å²) in [6.07, 6.45) is 0.0236. The SMILES string of the molecule is Cc1cccc(C(CC(=O)O)NCc2cccc3c2OCCO3)c1. The number of nitrogens with one attached hydrogen (secondary N) is 1. The van der Waals surface area contributed by atoms with E-state index in [4.69, 9.17) is 9.47 Å². The lowest BCUT2D eigenvalue weighted by Crippen LogP contribution is -2.25. The number of ether oxygens (including phenoxy) is 2. The number of benzene rings is 2. The zero-order valence-electron chi connectivity index (χ0n) is 13.6. The maximum atomic E-state index is 11.2. The fraction of sp³-hybridized carbons (Fsp3) is 0.316. The predicted octanol–water partition coefficient (Wildman–Crippen LogP) is 3.07. The van der Waals surface area contributed by atoms with Crippen LogP contribution in [0.25, 0.3) is 0 Å². The summed E-state index contributed by atoms with van der Waals surface area (Å²) in [5, 5.41) is 12.6. The van der Waals surface area contributed by atoms with Gasteiger partial charge in [-0.1, -0.05) is 42.0 Å². The van der Waals surface area contributed by atoms with Crippen molar-refractivity contribution in [2.45, 2.75) is 25.9 Å². The van der Waals surface area contributed by atoms with Gasteiger partial charge in [-0.25, -0.2) is 0 Å². The summed E-state index contributed by atoms with van der Waals surface area (Å²) < 4.78 is 11.3. The molecule has 0 aliphatic carbocycles. The van der Waals surface area contributed by atoms with E-state index >= 15 is 0 Å². The molecule has 1 unspecified atom stereocenters. The van der Waals surface area contributed by atoms with Crippen molar-refractivity contribution in [2.75, 3.05) is 13.2 Å². The average molecular weight is 327 g/mol. The Kier molecular flexibility index (Phi) is 5.01. The molecule has 1 aliphatic heterocycles. The van der Waals surface area contributed by atoms with Crippen molar-refractivity contribution in [3.8, 4) is 11.5 Å². The van der Waals surface area contributed by atoms with E-state index in [-0.39, 0.29) is 12.5 Å². The van der Waals surface area contributed by atoms with Gasteiger partial charge in [0, 0.05) is 18.2 Å². The topological polar surface area (TPSA) is 67.8 Å². The first-order valence-electron chi connectivity index (χ1n) is 8.02. The molecular formula is C19H21NO4. The van der Waals surface area contributed by atoms with E-state index in [2.05, 4.69) is 5.32 Å². The first-order chi connectivity index (χ1) is 11.6. The normalized spacial score (nSPS) is 14.2. The van der Waals surface area contributed by atoms with Crippen molar-refractivity contribution < 1.29 is 19.4 Å². The molecule has 126 valence electrons. The summed E-state index contributed by atoms with van der Waals surface area (Å²) in [5.74, 6) is 0.657. The molecule has 0 fully saturated rings. The van der Waals surface area contributed by atoms with Gasteiger partial charge in [0.15, 0.2) is 11.5 Å². The Bertz CT molecular complexity index is 729. The third-order valence-corrected chi connectivity index (χ3v) is 4.01. The van der Waals surface area contributed by atoms with Gasteiger partial charge in [0.05, 0.1) is 6.42 Å². The molecule has 1 atom stereocenters. The summed E-state index contributed by atoms with van der Waals surface area (Å²) in [4.78, 5) is 11.2. The molecule has 1 aliphatic rings. The Balaban J connectivity index is 1.78. The maximum Gasteiger partial charge on any atom is 0.305 e. The lowest BCUT2D eigenvalue weighted by atomic mass is 10.0. The lowest BCUT2D eigenvalue weighted by molar-refractivity contribution is -0.137. The van der Waals surface area contributed by atoms with Gasteiger partial charge in [-0.2, -0.15) is 0 Å². The molecule has 0 saturated carbocycles. The van der Waals surface area contributed by atoms with Crippen LogP contribution in [-0.2, 0) is 11.3 Å². The molecule has 0 spiro atoms. The van der Waals surface area contributed by atoms with E-state index in [1.165, 1.54) is 0 Å². The van der Waals surface area contributed by atoms with Gasteiger partial charge in [0.25, 0.3) is 0 Å². The van der Waals surface area contributed by atoms with E-state index in [0.29, 0.717) is 19.8 Å². The number of carboxylic acids is 1. The van der Waals surface area contributed by atoms with Crippen molar-refractivity contribution in [1.29, 1.82) is 0 Å². The first-order valence-corrected chi connectivity index (χ1v) is 8.02. The van der Waals surface area contributed by atoms with Gasteiger partial charge in [0.1, 0.15) is 13.2 Å². The number of carboxylic acid groups (broad SMARTS) is 1. The quantitative estimate of drug-likeness (QED) is 0.853. The monoisotopic (exact) mass is 327 g/mol. The molecule has 3 rings (SSSR count). The zero-order chi connectivity index (χ0) is 16.9. The standard InChI is InChI=1S/C19H21NO4/c1-13-4-2-5-14(10-13)16(11-18(21)22)20-12-15-6-3-7-17-19(15)24-9-8-23-17/h2-7,10,16,20H,8-9,11-12H2,1H3,(H,21,22). The van der Waals surface area contributed by atoms with Gasteiger partial charge in [-0.15, -0.1) is 0 Å². The third kappa shape index (κ3) is 3.86. The number of rotatable bonds is 6. The Morgan fingerprint density at radius 2 is 2.00 bits per heavy atom. The Morgan fingerprint density at radius 1 is 1.21 bits per heavy atom. The van der Waals surface area contributed by atoms with Gasteiger partial charge in [0.2, 0.25) is 0 Å². The molecule has 0 bridgehead atoms. The fourth-order valence-electron chi connectivity index (χ4n) is 2.88. The van der Waals surface area contributed by atoms with Crippen molar-refractivity contribution >= 4 is 5.97 Å². The number of fused-ring (bicyclic) bond motifs is 1. The van der Waals surface area contributed by atoms with E-state index in [0.717, 1.165) is 28.2 Å². The highest BCUT2D eigenvalue weighted by atomic mass is 16.6. The summed E-state index contributed by atoms with van der Waals surface area (Å²) >= 11 is 0. The first kappa shape index (κ1) is 16.3. The van der Waals surface area contributed by atoms with Crippen LogP contribution in [0.2, 0.25) is 0 Å². The summed E-state index contributed by atoms with van der Waals surface area (Å²) in [6, 6.07) is 13.4. The molecule has 0 radical (unpaired) electrons. The second-order valence-corrected chi connectivity index (χ2v) is 5.89. The maximum absolute atomic E-state index is 11.2. The number of para-hydroxylation sites is 1. The van der Waals surface area contributed by atoms with Crippen molar-refractivity contribution in [1.82, 2.24) is 5.32 Å². The summed E-state index contributed by atoms with van der Waals surface area (Å²) in [6.45, 7) is 3.59. The molecule has 0 amide bonds. The van der Waals surface area contributed by atoms with Gasteiger partial charge < -0.3 is 19.9 Å². The largest absolute Gasteiger partial charge is 0.486 e. The van der Waals surface area contributed by atoms with E-state index < -0.39 is 5.97 Å². The van der Waals surface area contributed by atoms with Crippen LogP contribution < -0.4 is 14.8 Å². The van der Waals surface area contributed by atoms with Gasteiger partial charge in [-0.3, -0.25) is 4.79 Å². The highest BCUT2D eigenvalue weighted by molar-refractivity contribution is 5.68. The van der Waals surface area contributed by atoms with Crippen molar-refractivity contribution in [3.05, 3.63) is 59.2 Å². The van der Waals surface area contributed by atoms with Gasteiger partial charge in [-0.05, 0) is 18.6 Å². The van der Waals surface area contributed by atoms with Crippen LogP contribution in [0.1, 0.15) is 29.2 Å². The van der Waals surface area contributed by atoms with Crippen LogP contribution in [0.4, 0.5) is 0 Å². The Labute approximate surface area is 141 Å². The summed E-state index contributed by atoms with van der Waals surface area (Å²) in [7, 11) is 0. The second-order valence-electron chi connectivity index (χ2n) is 5.89. The fourth-order valence-corrected chi connectivity index (χ4v) is 2.88. The van der Waals surface area contributed by atoms with E-state index in [1.54, 1.807) is 0 Å². The van der Waals surface area contributed by atoms with E-state index in [9.17, 15) is 9.90 Å². The van der Waals surface area contributed by atoms with Crippen molar-refractivity contribution in [3.63, 3.8) is 0 Å². The van der Waals surface area contributed by atoms with Crippen LogP contribution in [0.3, 0.4) is 0 Å². The lowest BCUT2D eigenvalue weighted by Gasteiger charge is -2.23. The molecule has 1 heterocycles. The number of aryl methyl sites for hydroxylation is 1. The van der Waals surface area contributed by atoms with E-state index in [1.807, 2.05) is 49.4 Å². The molecule has 24 heavy (non-hydrogen) atoms. The number of aliphatic carboxylic acids is 1. The minimum atomic E-state index is -0.830. The molecule has 2 aromatic rings. The van der Waals surface area contributed by atoms with Crippen LogP contribution >= 0.6 is 0 Å². The molecular weight excluding hydrogens is 306 g/mol. The van der Waals surface area contributed by atoms with Crippen LogP contribution in [0.5, 0.6) is 11.5 Å². The van der Waals surface area contributed by atoms with Crippen LogP contribution in [-0.4, -0.2) is 24.3 Å². The molecule has 5 nitrogen and oxygen atoms in total.